The molecule has 0 amide bonds. The van der Waals surface area contributed by atoms with Gasteiger partial charge in [-0.05, 0) is 24.0 Å². The predicted molar refractivity (Wildman–Crippen MR) is 114 cm³/mol. The second-order valence-corrected chi connectivity index (χ2v) is 8.18. The standard InChI is InChI=1S/C24H34O6/c1-30-16-18-8-6-7-17(13-18)14-19(25)11-12-21-20(22(26)15-23(21)27)9-4-2-3-5-10-24(28)29/h6-8,11-13,19-21,23,25,27H,2-5,9-10,14-16H2,1H3,(H,28,29)/b12-11+/t19-,20-,21-,23-/m1/s1. The number of carbonyl (C=O) groups excluding carboxylic acids is 1. The Morgan fingerprint density at radius 1 is 1.23 bits per heavy atom. The van der Waals surface area contributed by atoms with Crippen LogP contribution in [0, 0.1) is 11.8 Å². The van der Waals surface area contributed by atoms with Gasteiger partial charge in [0, 0.05) is 38.2 Å². The molecule has 6 nitrogen and oxygen atoms in total. The van der Waals surface area contributed by atoms with Crippen LogP contribution < -0.4 is 0 Å². The number of aliphatic hydroxyl groups is 2. The van der Waals surface area contributed by atoms with E-state index in [2.05, 4.69) is 0 Å². The number of aliphatic carboxylic acids is 1. The Hall–Kier alpha value is -2.02. The first-order valence-electron chi connectivity index (χ1n) is 10.8. The van der Waals surface area contributed by atoms with E-state index < -0.39 is 18.2 Å². The van der Waals surface area contributed by atoms with Gasteiger partial charge >= 0.3 is 5.97 Å². The second-order valence-electron chi connectivity index (χ2n) is 8.18. The van der Waals surface area contributed by atoms with Crippen molar-refractivity contribution in [3.63, 3.8) is 0 Å². The molecular formula is C24H34O6. The molecule has 30 heavy (non-hydrogen) atoms. The van der Waals surface area contributed by atoms with Crippen LogP contribution in [0.25, 0.3) is 0 Å². The Balaban J connectivity index is 1.85. The average molecular weight is 419 g/mol. The van der Waals surface area contributed by atoms with Gasteiger partial charge in [0.05, 0.1) is 18.8 Å². The van der Waals surface area contributed by atoms with Crippen molar-refractivity contribution in [3.05, 3.63) is 47.5 Å². The largest absolute Gasteiger partial charge is 0.481 e. The summed E-state index contributed by atoms with van der Waals surface area (Å²) in [5, 5.41) is 29.4. The normalized spacial score (nSPS) is 22.6. The molecule has 1 saturated carbocycles. The first-order chi connectivity index (χ1) is 14.4. The molecule has 0 spiro atoms. The quantitative estimate of drug-likeness (QED) is 0.335. The minimum Gasteiger partial charge on any atom is -0.481 e. The number of carboxylic acids is 1. The molecule has 0 aliphatic heterocycles. The summed E-state index contributed by atoms with van der Waals surface area (Å²) in [6.45, 7) is 0.522. The molecule has 0 radical (unpaired) electrons. The molecule has 1 aromatic rings. The molecule has 4 atom stereocenters. The highest BCUT2D eigenvalue weighted by atomic mass is 16.5. The maximum absolute atomic E-state index is 12.3. The summed E-state index contributed by atoms with van der Waals surface area (Å²) in [5.74, 6) is -1.21. The minimum atomic E-state index is -0.779. The molecule has 2 rings (SSSR count). The zero-order valence-electron chi connectivity index (χ0n) is 17.7. The predicted octanol–water partition coefficient (Wildman–Crippen LogP) is 3.28. The third kappa shape index (κ3) is 8.01. The van der Waals surface area contributed by atoms with E-state index in [1.807, 2.05) is 24.3 Å². The third-order valence-corrected chi connectivity index (χ3v) is 5.69. The number of ether oxygens (including phenoxy) is 1. The van der Waals surface area contributed by atoms with Crippen molar-refractivity contribution in [2.75, 3.05) is 7.11 Å². The average Bonchev–Trinajstić information content (AvgIpc) is 2.95. The topological polar surface area (TPSA) is 104 Å². The summed E-state index contributed by atoms with van der Waals surface area (Å²) < 4.78 is 5.14. The smallest absolute Gasteiger partial charge is 0.303 e. The Morgan fingerprint density at radius 2 is 1.97 bits per heavy atom. The van der Waals surface area contributed by atoms with Crippen LogP contribution in [0.1, 0.15) is 56.1 Å². The van der Waals surface area contributed by atoms with Crippen LogP contribution in [0.2, 0.25) is 0 Å². The van der Waals surface area contributed by atoms with E-state index in [0.717, 1.165) is 30.4 Å². The fraction of sp³-hybridized carbons (Fsp3) is 0.583. The fourth-order valence-corrected chi connectivity index (χ4v) is 4.17. The van der Waals surface area contributed by atoms with Gasteiger partial charge in [-0.25, -0.2) is 0 Å². The number of unbranched alkanes of at least 4 members (excludes halogenated alkanes) is 3. The number of Topliss-reactive ketones (excluding diaryl/α,β-unsaturated/α-hetero) is 1. The second kappa shape index (κ2) is 12.6. The van der Waals surface area contributed by atoms with E-state index in [9.17, 15) is 19.8 Å². The molecule has 6 heteroatoms. The maximum atomic E-state index is 12.3. The van der Waals surface area contributed by atoms with Crippen LogP contribution in [0.15, 0.2) is 36.4 Å². The number of methoxy groups -OCH3 is 1. The molecular weight excluding hydrogens is 384 g/mol. The van der Waals surface area contributed by atoms with Gasteiger partial charge in [0.25, 0.3) is 0 Å². The number of hydrogen-bond donors (Lipinski definition) is 3. The lowest BCUT2D eigenvalue weighted by molar-refractivity contribution is -0.137. The molecule has 3 N–H and O–H groups in total. The van der Waals surface area contributed by atoms with Crippen molar-refractivity contribution >= 4 is 11.8 Å². The molecule has 0 bridgehead atoms. The van der Waals surface area contributed by atoms with Gasteiger partial charge in [-0.3, -0.25) is 9.59 Å². The summed E-state index contributed by atoms with van der Waals surface area (Å²) in [4.78, 5) is 22.8. The van der Waals surface area contributed by atoms with E-state index in [4.69, 9.17) is 9.84 Å². The highest BCUT2D eigenvalue weighted by molar-refractivity contribution is 5.84. The molecule has 166 valence electrons. The molecule has 1 aromatic carbocycles. The number of hydrogen-bond acceptors (Lipinski definition) is 5. The van der Waals surface area contributed by atoms with E-state index in [1.165, 1.54) is 0 Å². The lowest BCUT2D eigenvalue weighted by Gasteiger charge is -2.18. The maximum Gasteiger partial charge on any atom is 0.303 e. The molecule has 1 aliphatic rings. The van der Waals surface area contributed by atoms with E-state index >= 15 is 0 Å². The van der Waals surface area contributed by atoms with Gasteiger partial charge in [0.2, 0.25) is 0 Å². The van der Waals surface area contributed by atoms with Crippen molar-refractivity contribution in [1.29, 1.82) is 0 Å². The van der Waals surface area contributed by atoms with Crippen molar-refractivity contribution in [3.8, 4) is 0 Å². The lowest BCUT2D eigenvalue weighted by atomic mass is 9.88. The summed E-state index contributed by atoms with van der Waals surface area (Å²) in [5.41, 5.74) is 2.05. The molecule has 0 unspecified atom stereocenters. The number of benzene rings is 1. The molecule has 0 heterocycles. The van der Waals surface area contributed by atoms with Crippen LogP contribution in [-0.4, -0.2) is 46.4 Å². The fourth-order valence-electron chi connectivity index (χ4n) is 4.17. The van der Waals surface area contributed by atoms with E-state index in [1.54, 1.807) is 19.3 Å². The van der Waals surface area contributed by atoms with E-state index in [-0.39, 0.29) is 30.5 Å². The van der Waals surface area contributed by atoms with Gasteiger partial charge in [0.1, 0.15) is 5.78 Å². The van der Waals surface area contributed by atoms with Crippen LogP contribution in [-0.2, 0) is 27.4 Å². The van der Waals surface area contributed by atoms with Crippen molar-refractivity contribution < 1.29 is 29.6 Å². The minimum absolute atomic E-state index is 0.0736. The highest BCUT2D eigenvalue weighted by Crippen LogP contribution is 2.34. The Kier molecular flexibility index (Phi) is 10.2. The monoisotopic (exact) mass is 418 g/mol. The summed E-state index contributed by atoms with van der Waals surface area (Å²) in [6.07, 6.45) is 6.77. The number of carboxylic acid groups (broad SMARTS) is 1. The Labute approximate surface area is 178 Å². The van der Waals surface area contributed by atoms with Gasteiger partial charge in [-0.15, -0.1) is 0 Å². The number of rotatable bonds is 13. The molecule has 0 saturated heterocycles. The van der Waals surface area contributed by atoms with Crippen LogP contribution in [0.4, 0.5) is 0 Å². The Morgan fingerprint density at radius 3 is 2.70 bits per heavy atom. The SMILES string of the molecule is COCc1cccc(C[C@H](O)/C=C/[C@H]2[C@H](O)CC(=O)[C@@H]2CCCCCCC(=O)O)c1. The number of carbonyl (C=O) groups is 2. The summed E-state index contributed by atoms with van der Waals surface area (Å²) in [6, 6.07) is 7.87. The lowest BCUT2D eigenvalue weighted by Crippen LogP contribution is -2.19. The highest BCUT2D eigenvalue weighted by Gasteiger charge is 2.39. The number of aliphatic hydroxyl groups excluding tert-OH is 2. The van der Waals surface area contributed by atoms with E-state index in [0.29, 0.717) is 25.9 Å². The number of ketones is 1. The first kappa shape index (κ1) is 24.3. The van der Waals surface area contributed by atoms with Gasteiger partial charge in [0.15, 0.2) is 0 Å². The zero-order chi connectivity index (χ0) is 21.9. The summed E-state index contributed by atoms with van der Waals surface area (Å²) in [7, 11) is 1.64. The summed E-state index contributed by atoms with van der Waals surface area (Å²) >= 11 is 0. The molecule has 1 fully saturated rings. The van der Waals surface area contributed by atoms with Crippen LogP contribution in [0.5, 0.6) is 0 Å². The third-order valence-electron chi connectivity index (χ3n) is 5.69. The van der Waals surface area contributed by atoms with Crippen molar-refractivity contribution in [2.24, 2.45) is 11.8 Å². The van der Waals surface area contributed by atoms with Crippen LogP contribution in [0.3, 0.4) is 0 Å². The zero-order valence-corrected chi connectivity index (χ0v) is 17.7. The van der Waals surface area contributed by atoms with Crippen molar-refractivity contribution in [1.82, 2.24) is 0 Å². The first-order valence-corrected chi connectivity index (χ1v) is 10.8. The van der Waals surface area contributed by atoms with Crippen molar-refractivity contribution in [2.45, 2.75) is 70.2 Å². The Bertz CT molecular complexity index is 713. The van der Waals surface area contributed by atoms with Crippen LogP contribution >= 0.6 is 0 Å². The molecule has 1 aliphatic carbocycles. The van der Waals surface area contributed by atoms with Gasteiger partial charge in [-0.2, -0.15) is 0 Å². The molecule has 0 aromatic heterocycles. The van der Waals surface area contributed by atoms with Gasteiger partial charge < -0.3 is 20.1 Å². The van der Waals surface area contributed by atoms with Gasteiger partial charge in [-0.1, -0.05) is 55.7 Å².